The molecule has 2 N–H and O–H groups in total. The molecule has 1 aliphatic carbocycles. The number of aromatic nitrogens is 3. The predicted octanol–water partition coefficient (Wildman–Crippen LogP) is 2.22. The first kappa shape index (κ1) is 19.7. The molecule has 0 bridgehead atoms. The molecule has 9 nitrogen and oxygen atoms in total. The van der Waals surface area contributed by atoms with Gasteiger partial charge in [0.05, 0.1) is 21.1 Å². The number of amides is 1. The molecule has 0 radical (unpaired) electrons. The van der Waals surface area contributed by atoms with Crippen molar-refractivity contribution in [3.63, 3.8) is 0 Å². The van der Waals surface area contributed by atoms with Crippen LogP contribution in [0.5, 0.6) is 11.5 Å². The van der Waals surface area contributed by atoms with Gasteiger partial charge in [-0.3, -0.25) is 9.59 Å². The van der Waals surface area contributed by atoms with Crippen LogP contribution in [0.25, 0.3) is 5.69 Å². The van der Waals surface area contributed by atoms with Gasteiger partial charge in [-0.05, 0) is 48.7 Å². The van der Waals surface area contributed by atoms with E-state index in [0.29, 0.717) is 10.4 Å². The Kier molecular flexibility index (Phi) is 4.18. The Balaban J connectivity index is 1.52. The highest BCUT2D eigenvalue weighted by Gasteiger charge is 2.58. The Morgan fingerprint density at radius 3 is 2.42 bits per heavy atom. The largest absolute Gasteiger partial charge is 0.454 e. The Bertz CT molecular complexity index is 1370. The van der Waals surface area contributed by atoms with E-state index in [1.165, 1.54) is 12.1 Å². The zero-order chi connectivity index (χ0) is 22.1. The van der Waals surface area contributed by atoms with E-state index in [-0.39, 0.29) is 27.4 Å². The number of ether oxygens (including phenoxy) is 1. The summed E-state index contributed by atoms with van der Waals surface area (Å²) in [7, 11) is 1.77. The van der Waals surface area contributed by atoms with Crippen LogP contribution in [0.1, 0.15) is 18.4 Å². The van der Waals surface area contributed by atoms with Crippen molar-refractivity contribution in [2.75, 3.05) is 17.8 Å². The number of carbonyl (C=O) groups excluding carboxylic acids is 1. The van der Waals surface area contributed by atoms with E-state index in [1.807, 2.05) is 12.1 Å². The fraction of sp³-hybridized carbons (Fsp3) is 0.200. The van der Waals surface area contributed by atoms with Gasteiger partial charge in [0.15, 0.2) is 5.75 Å². The Morgan fingerprint density at radius 2 is 1.77 bits per heavy atom. The number of rotatable bonds is 3. The van der Waals surface area contributed by atoms with Crippen LogP contribution in [0.3, 0.4) is 0 Å². The third kappa shape index (κ3) is 2.84. The standard InChI is InChI=1S/C20H15Cl2N5O4/c1-25-15-3-2-11(8-12(15)20(4-5-20)18(25)29)31-17-13(21)6-10(7-14(17)22)27-19(30)26(23)16(28)9-24-27/h2-3,6-9H,4-5,23H2,1H3. The lowest BCUT2D eigenvalue weighted by Crippen LogP contribution is -2.44. The molecule has 1 amide bonds. The average Bonchev–Trinajstić information content (AvgIpc) is 3.52. The van der Waals surface area contributed by atoms with Crippen LogP contribution in [0.15, 0.2) is 46.1 Å². The molecule has 2 aromatic carbocycles. The smallest absolute Gasteiger partial charge is 0.370 e. The molecule has 158 valence electrons. The summed E-state index contributed by atoms with van der Waals surface area (Å²) in [6, 6.07) is 8.25. The number of nitrogen functional groups attached to an aromatic ring is 1. The minimum atomic E-state index is -0.851. The average molecular weight is 460 g/mol. The van der Waals surface area contributed by atoms with Gasteiger partial charge < -0.3 is 15.5 Å². The number of likely N-dealkylation sites (N-methyl/N-ethyl adjacent to an activating group) is 1. The lowest BCUT2D eigenvalue weighted by atomic mass is 9.98. The van der Waals surface area contributed by atoms with Gasteiger partial charge in [0.2, 0.25) is 5.91 Å². The number of hydrogen-bond acceptors (Lipinski definition) is 6. The van der Waals surface area contributed by atoms with E-state index in [2.05, 4.69) is 5.10 Å². The van der Waals surface area contributed by atoms with Crippen LogP contribution in [0.4, 0.5) is 5.69 Å². The maximum absolute atomic E-state index is 12.5. The Labute approximate surface area is 185 Å². The number of benzene rings is 2. The zero-order valence-corrected chi connectivity index (χ0v) is 17.6. The van der Waals surface area contributed by atoms with Gasteiger partial charge in [-0.15, -0.1) is 0 Å². The van der Waals surface area contributed by atoms with Crippen LogP contribution in [-0.4, -0.2) is 27.4 Å². The van der Waals surface area contributed by atoms with Crippen molar-refractivity contribution >= 4 is 34.8 Å². The van der Waals surface area contributed by atoms with E-state index in [0.717, 1.165) is 35.0 Å². The van der Waals surface area contributed by atoms with Gasteiger partial charge >= 0.3 is 5.69 Å². The van der Waals surface area contributed by atoms with E-state index in [4.69, 9.17) is 33.8 Å². The quantitative estimate of drug-likeness (QED) is 0.600. The van der Waals surface area contributed by atoms with E-state index >= 15 is 0 Å². The summed E-state index contributed by atoms with van der Waals surface area (Å²) >= 11 is 12.8. The topological polar surface area (TPSA) is 112 Å². The van der Waals surface area contributed by atoms with Crippen LogP contribution >= 0.6 is 23.2 Å². The van der Waals surface area contributed by atoms with E-state index in [1.54, 1.807) is 18.0 Å². The molecule has 1 fully saturated rings. The molecule has 0 saturated heterocycles. The molecule has 0 unspecified atom stereocenters. The second kappa shape index (κ2) is 6.60. The van der Waals surface area contributed by atoms with Gasteiger partial charge in [0, 0.05) is 12.7 Å². The molecule has 1 aliphatic heterocycles. The summed E-state index contributed by atoms with van der Waals surface area (Å²) in [6.45, 7) is 0. The molecule has 5 rings (SSSR count). The van der Waals surface area contributed by atoms with Crippen molar-refractivity contribution in [2.45, 2.75) is 18.3 Å². The van der Waals surface area contributed by atoms with Crippen LogP contribution in [0, 0.1) is 0 Å². The number of hydrogen-bond donors (Lipinski definition) is 1. The van der Waals surface area contributed by atoms with Crippen molar-refractivity contribution in [2.24, 2.45) is 0 Å². The van der Waals surface area contributed by atoms with Crippen molar-refractivity contribution in [1.29, 1.82) is 0 Å². The molecule has 0 atom stereocenters. The highest BCUT2D eigenvalue weighted by atomic mass is 35.5. The molecular weight excluding hydrogens is 445 g/mol. The highest BCUT2D eigenvalue weighted by Crippen LogP contribution is 2.57. The monoisotopic (exact) mass is 459 g/mol. The molecule has 31 heavy (non-hydrogen) atoms. The second-order valence-electron chi connectivity index (χ2n) is 7.51. The number of nitrogens with zero attached hydrogens (tertiary/aromatic N) is 4. The van der Waals surface area contributed by atoms with Crippen LogP contribution in [-0.2, 0) is 10.2 Å². The summed E-state index contributed by atoms with van der Waals surface area (Å²) in [5.74, 6) is 6.19. The molecular formula is C20H15Cl2N5O4. The lowest BCUT2D eigenvalue weighted by Gasteiger charge is -2.14. The summed E-state index contributed by atoms with van der Waals surface area (Å²) in [5.41, 5.74) is -0.0290. The summed E-state index contributed by atoms with van der Waals surface area (Å²) < 4.78 is 7.27. The Morgan fingerprint density at radius 1 is 1.10 bits per heavy atom. The first-order chi connectivity index (χ1) is 14.7. The zero-order valence-electron chi connectivity index (χ0n) is 16.1. The summed E-state index contributed by atoms with van der Waals surface area (Å²) in [6.07, 6.45) is 2.53. The molecule has 1 aromatic heterocycles. The number of anilines is 1. The number of fused-ring (bicyclic) bond motifs is 2. The van der Waals surface area contributed by atoms with Gasteiger partial charge in [-0.2, -0.15) is 14.5 Å². The Hall–Kier alpha value is -3.30. The minimum absolute atomic E-state index is 0.0965. The fourth-order valence-corrected chi connectivity index (χ4v) is 4.44. The minimum Gasteiger partial charge on any atom is -0.454 e. The van der Waals surface area contributed by atoms with Crippen molar-refractivity contribution in [3.05, 3.63) is 73.0 Å². The molecule has 2 heterocycles. The summed E-state index contributed by atoms with van der Waals surface area (Å²) in [5, 5.41) is 4.03. The SMILES string of the molecule is CN1C(=O)C2(CC2)c2cc(Oc3c(Cl)cc(-n4ncc(=O)n(N)c4=O)cc3Cl)ccc21. The van der Waals surface area contributed by atoms with Gasteiger partial charge in [0.25, 0.3) is 5.56 Å². The number of nitrogens with two attached hydrogens (primary N) is 1. The first-order valence-corrected chi connectivity index (χ1v) is 10.0. The molecule has 1 spiro atoms. The van der Waals surface area contributed by atoms with E-state index < -0.39 is 16.7 Å². The molecule has 3 aromatic rings. The third-order valence-electron chi connectivity index (χ3n) is 5.66. The van der Waals surface area contributed by atoms with Gasteiger partial charge in [0.1, 0.15) is 11.9 Å². The second-order valence-corrected chi connectivity index (χ2v) is 8.33. The highest BCUT2D eigenvalue weighted by molar-refractivity contribution is 6.37. The van der Waals surface area contributed by atoms with E-state index in [9.17, 15) is 14.4 Å². The predicted molar refractivity (Wildman–Crippen MR) is 115 cm³/mol. The number of halogens is 2. The van der Waals surface area contributed by atoms with Crippen molar-refractivity contribution in [3.8, 4) is 17.2 Å². The first-order valence-electron chi connectivity index (χ1n) is 9.29. The van der Waals surface area contributed by atoms with Crippen molar-refractivity contribution in [1.82, 2.24) is 14.5 Å². The van der Waals surface area contributed by atoms with Gasteiger partial charge in [-0.1, -0.05) is 23.2 Å². The van der Waals surface area contributed by atoms with Crippen LogP contribution < -0.4 is 26.7 Å². The molecule has 1 saturated carbocycles. The lowest BCUT2D eigenvalue weighted by molar-refractivity contribution is -0.119. The molecule has 2 aliphatic rings. The van der Waals surface area contributed by atoms with Crippen LogP contribution in [0.2, 0.25) is 10.0 Å². The number of carbonyl (C=O) groups is 1. The van der Waals surface area contributed by atoms with Gasteiger partial charge in [-0.25, -0.2) is 4.79 Å². The fourth-order valence-electron chi connectivity index (χ4n) is 3.88. The maximum atomic E-state index is 12.5. The summed E-state index contributed by atoms with van der Waals surface area (Å²) in [4.78, 5) is 37.9. The van der Waals surface area contributed by atoms with Crippen molar-refractivity contribution < 1.29 is 9.53 Å². The maximum Gasteiger partial charge on any atom is 0.370 e. The molecule has 11 heteroatoms. The normalized spacial score (nSPS) is 16.0. The third-order valence-corrected chi connectivity index (χ3v) is 6.23.